The summed E-state index contributed by atoms with van der Waals surface area (Å²) in [5.41, 5.74) is 3.48. The summed E-state index contributed by atoms with van der Waals surface area (Å²) in [4.78, 5) is 0. The van der Waals surface area contributed by atoms with Crippen molar-refractivity contribution in [2.45, 2.75) is 32.6 Å². The molecule has 0 heterocycles. The summed E-state index contributed by atoms with van der Waals surface area (Å²) in [5, 5.41) is 0.769. The van der Waals surface area contributed by atoms with Gasteiger partial charge in [0.1, 0.15) is 0 Å². The second kappa shape index (κ2) is 8.22. The van der Waals surface area contributed by atoms with Gasteiger partial charge in [0.25, 0.3) is 0 Å². The first-order valence-corrected chi connectivity index (χ1v) is 9.13. The average Bonchev–Trinajstić information content (AvgIpc) is 2.63. The van der Waals surface area contributed by atoms with Gasteiger partial charge in [-0.15, -0.1) is 0 Å². The molecule has 0 aromatic heterocycles. The Labute approximate surface area is 150 Å². The van der Waals surface area contributed by atoms with Gasteiger partial charge in [0.15, 0.2) is 0 Å². The molecule has 0 radical (unpaired) electrons. The number of benzene rings is 2. The number of allylic oxidation sites excluding steroid dienone is 2. The lowest BCUT2D eigenvalue weighted by Crippen LogP contribution is -2.11. The topological polar surface area (TPSA) is 0 Å². The lowest BCUT2D eigenvalue weighted by molar-refractivity contribution is 0.364. The maximum absolute atomic E-state index is 5.94. The summed E-state index contributed by atoms with van der Waals surface area (Å²) in [6.07, 6.45) is 9.53. The Bertz CT molecular complexity index is 733. The fourth-order valence-corrected chi connectivity index (χ4v) is 3.43. The van der Waals surface area contributed by atoms with E-state index in [9.17, 15) is 0 Å². The molecule has 1 aliphatic rings. The Hall–Kier alpha value is -1.97. The smallest absolute Gasteiger partial charge is 0.0406 e. The second-order valence-electron chi connectivity index (χ2n) is 6.49. The molecule has 0 amide bonds. The standard InChI is InChI=1S/C23H23Cl/c1-2-3-18-4-6-19(7-5-18)8-9-20-10-12-21(13-11-20)22-14-16-23(24)17-15-22/h2-3,10-19H,4-7H2,1H3/t18-,19-. The van der Waals surface area contributed by atoms with E-state index < -0.39 is 0 Å². The number of rotatable bonds is 2. The molecule has 24 heavy (non-hydrogen) atoms. The minimum Gasteiger partial charge on any atom is -0.0945 e. The van der Waals surface area contributed by atoms with Crippen LogP contribution in [0, 0.1) is 23.7 Å². The lowest BCUT2D eigenvalue weighted by Gasteiger charge is -2.22. The van der Waals surface area contributed by atoms with Crippen LogP contribution in [-0.4, -0.2) is 0 Å². The average molecular weight is 335 g/mol. The van der Waals surface area contributed by atoms with Gasteiger partial charge >= 0.3 is 0 Å². The molecule has 1 heteroatoms. The number of hydrogen-bond acceptors (Lipinski definition) is 0. The van der Waals surface area contributed by atoms with Crippen molar-refractivity contribution in [3.63, 3.8) is 0 Å². The van der Waals surface area contributed by atoms with Crippen LogP contribution >= 0.6 is 11.6 Å². The van der Waals surface area contributed by atoms with E-state index >= 15 is 0 Å². The molecule has 1 aliphatic carbocycles. The molecule has 0 unspecified atom stereocenters. The van der Waals surface area contributed by atoms with Crippen molar-refractivity contribution in [2.24, 2.45) is 11.8 Å². The van der Waals surface area contributed by atoms with E-state index in [1.807, 2.05) is 24.3 Å². The summed E-state index contributed by atoms with van der Waals surface area (Å²) in [6, 6.07) is 16.4. The van der Waals surface area contributed by atoms with Crippen molar-refractivity contribution >= 4 is 11.6 Å². The van der Waals surface area contributed by atoms with Crippen molar-refractivity contribution in [3.8, 4) is 23.0 Å². The summed E-state index contributed by atoms with van der Waals surface area (Å²) in [5.74, 6) is 8.16. The molecular weight excluding hydrogens is 312 g/mol. The zero-order valence-corrected chi connectivity index (χ0v) is 14.9. The molecule has 0 atom stereocenters. The van der Waals surface area contributed by atoms with Crippen LogP contribution in [0.2, 0.25) is 5.02 Å². The Morgan fingerprint density at radius 1 is 0.875 bits per heavy atom. The van der Waals surface area contributed by atoms with Crippen LogP contribution in [0.1, 0.15) is 38.2 Å². The molecular formula is C23H23Cl. The molecule has 1 fully saturated rings. The van der Waals surface area contributed by atoms with Gasteiger partial charge in [-0.1, -0.05) is 59.9 Å². The second-order valence-corrected chi connectivity index (χ2v) is 6.93. The van der Waals surface area contributed by atoms with Crippen LogP contribution in [0.4, 0.5) is 0 Å². The van der Waals surface area contributed by atoms with Gasteiger partial charge in [-0.2, -0.15) is 0 Å². The molecule has 0 spiro atoms. The van der Waals surface area contributed by atoms with E-state index in [2.05, 4.69) is 55.2 Å². The number of halogens is 1. The molecule has 3 rings (SSSR count). The van der Waals surface area contributed by atoms with E-state index in [4.69, 9.17) is 11.6 Å². The first-order valence-electron chi connectivity index (χ1n) is 8.75. The fourth-order valence-electron chi connectivity index (χ4n) is 3.30. The fraction of sp³-hybridized carbons (Fsp3) is 0.304. The van der Waals surface area contributed by atoms with Crippen molar-refractivity contribution in [1.82, 2.24) is 0 Å². The molecule has 0 saturated heterocycles. The monoisotopic (exact) mass is 334 g/mol. The van der Waals surface area contributed by atoms with E-state index in [1.165, 1.54) is 36.8 Å². The third-order valence-electron chi connectivity index (χ3n) is 4.72. The summed E-state index contributed by atoms with van der Waals surface area (Å²) in [6.45, 7) is 2.11. The van der Waals surface area contributed by atoms with Gasteiger partial charge in [-0.05, 0) is 73.9 Å². The predicted octanol–water partition coefficient (Wildman–Crippen LogP) is 6.74. The lowest BCUT2D eigenvalue weighted by atomic mass is 9.82. The maximum Gasteiger partial charge on any atom is 0.0406 e. The van der Waals surface area contributed by atoms with Gasteiger partial charge in [-0.3, -0.25) is 0 Å². The minimum absolute atomic E-state index is 0.558. The van der Waals surface area contributed by atoms with Crippen molar-refractivity contribution in [3.05, 3.63) is 71.3 Å². The molecule has 1 saturated carbocycles. The van der Waals surface area contributed by atoms with Gasteiger partial charge in [0, 0.05) is 16.5 Å². The summed E-state index contributed by atoms with van der Waals surface area (Å²) >= 11 is 5.94. The molecule has 0 N–H and O–H groups in total. The first kappa shape index (κ1) is 16.9. The van der Waals surface area contributed by atoms with Crippen LogP contribution in [0.25, 0.3) is 11.1 Å². The highest BCUT2D eigenvalue weighted by Gasteiger charge is 2.17. The van der Waals surface area contributed by atoms with Gasteiger partial charge in [0.2, 0.25) is 0 Å². The third-order valence-corrected chi connectivity index (χ3v) is 4.97. The molecule has 0 aliphatic heterocycles. The molecule has 2 aromatic carbocycles. The van der Waals surface area contributed by atoms with Crippen LogP contribution in [-0.2, 0) is 0 Å². The zero-order chi connectivity index (χ0) is 16.8. The Balaban J connectivity index is 1.62. The highest BCUT2D eigenvalue weighted by atomic mass is 35.5. The van der Waals surface area contributed by atoms with Crippen molar-refractivity contribution < 1.29 is 0 Å². The van der Waals surface area contributed by atoms with Gasteiger partial charge in [-0.25, -0.2) is 0 Å². The maximum atomic E-state index is 5.94. The molecule has 122 valence electrons. The quantitative estimate of drug-likeness (QED) is 0.421. The van der Waals surface area contributed by atoms with Crippen molar-refractivity contribution in [1.29, 1.82) is 0 Å². The normalized spacial score (nSPS) is 20.6. The van der Waals surface area contributed by atoms with E-state index in [1.54, 1.807) is 0 Å². The Kier molecular flexibility index (Phi) is 5.78. The Morgan fingerprint density at radius 2 is 1.46 bits per heavy atom. The van der Waals surface area contributed by atoms with Crippen LogP contribution < -0.4 is 0 Å². The Morgan fingerprint density at radius 3 is 2.04 bits per heavy atom. The number of hydrogen-bond donors (Lipinski definition) is 0. The van der Waals surface area contributed by atoms with Crippen LogP contribution in [0.5, 0.6) is 0 Å². The largest absolute Gasteiger partial charge is 0.0945 e. The third kappa shape index (κ3) is 4.53. The van der Waals surface area contributed by atoms with Crippen LogP contribution in [0.3, 0.4) is 0 Å². The van der Waals surface area contributed by atoms with E-state index in [0.29, 0.717) is 5.92 Å². The van der Waals surface area contributed by atoms with Gasteiger partial charge in [0.05, 0.1) is 0 Å². The SMILES string of the molecule is CC=C[C@H]1CC[C@H](C#Cc2ccc(-c3ccc(Cl)cc3)cc2)CC1. The van der Waals surface area contributed by atoms with E-state index in [-0.39, 0.29) is 0 Å². The van der Waals surface area contributed by atoms with Gasteiger partial charge < -0.3 is 0 Å². The van der Waals surface area contributed by atoms with Crippen molar-refractivity contribution in [2.75, 3.05) is 0 Å². The zero-order valence-electron chi connectivity index (χ0n) is 14.1. The molecule has 0 nitrogen and oxygen atoms in total. The highest BCUT2D eigenvalue weighted by Crippen LogP contribution is 2.29. The summed E-state index contributed by atoms with van der Waals surface area (Å²) in [7, 11) is 0. The van der Waals surface area contributed by atoms with E-state index in [0.717, 1.165) is 16.5 Å². The molecule has 0 bridgehead atoms. The van der Waals surface area contributed by atoms with Crippen LogP contribution in [0.15, 0.2) is 60.7 Å². The predicted molar refractivity (Wildman–Crippen MR) is 104 cm³/mol. The molecule has 2 aromatic rings. The minimum atomic E-state index is 0.558. The summed E-state index contributed by atoms with van der Waals surface area (Å²) < 4.78 is 0. The first-order chi connectivity index (χ1) is 11.7. The highest BCUT2D eigenvalue weighted by molar-refractivity contribution is 6.30.